The van der Waals surface area contributed by atoms with Gasteiger partial charge in [-0.2, -0.15) is 0 Å². The van der Waals surface area contributed by atoms with Crippen LogP contribution in [0.2, 0.25) is 0 Å². The Balaban J connectivity index is 1.99. The molecule has 7 nitrogen and oxygen atoms in total. The van der Waals surface area contributed by atoms with Crippen molar-refractivity contribution in [1.29, 1.82) is 0 Å². The molecule has 0 aliphatic carbocycles. The van der Waals surface area contributed by atoms with E-state index >= 15 is 0 Å². The molecule has 28 heavy (non-hydrogen) atoms. The van der Waals surface area contributed by atoms with Gasteiger partial charge in [0.2, 0.25) is 0 Å². The molecule has 138 valence electrons. The summed E-state index contributed by atoms with van der Waals surface area (Å²) in [4.78, 5) is 13.2. The topological polar surface area (TPSA) is 120 Å². The van der Waals surface area contributed by atoms with E-state index in [2.05, 4.69) is 15.0 Å². The predicted molar refractivity (Wildman–Crippen MR) is 103 cm³/mol. The van der Waals surface area contributed by atoms with Crippen LogP contribution in [0.3, 0.4) is 0 Å². The first kappa shape index (κ1) is 17.3. The average molecular weight is 373 g/mol. The quantitative estimate of drug-likeness (QED) is 0.404. The molecule has 0 amide bonds. The first-order valence-corrected chi connectivity index (χ1v) is 8.38. The number of nitrogens with zero attached hydrogens (tertiary/aromatic N) is 3. The maximum atomic E-state index is 10.2. The van der Waals surface area contributed by atoms with E-state index in [1.165, 1.54) is 12.1 Å². The molecule has 4 aromatic rings. The number of hydrogen-bond acceptors (Lipinski definition) is 7. The molecule has 0 aliphatic heterocycles. The molecule has 0 saturated heterocycles. The Morgan fingerprint density at radius 1 is 0.464 bits per heavy atom. The molecule has 0 bridgehead atoms. The molecule has 1 heterocycles. The lowest BCUT2D eigenvalue weighted by atomic mass is 10.1. The molecule has 4 rings (SSSR count). The highest BCUT2D eigenvalue weighted by atomic mass is 16.3. The van der Waals surface area contributed by atoms with E-state index in [4.69, 9.17) is 0 Å². The molecule has 1 aromatic heterocycles. The third-order valence-electron chi connectivity index (χ3n) is 4.18. The predicted octanol–water partition coefficient (Wildman–Crippen LogP) is 3.70. The summed E-state index contributed by atoms with van der Waals surface area (Å²) in [5.74, 6) is -0.800. The Hall–Kier alpha value is -4.13. The van der Waals surface area contributed by atoms with Gasteiger partial charge in [0.15, 0.2) is 40.5 Å². The van der Waals surface area contributed by atoms with Gasteiger partial charge >= 0.3 is 0 Å². The molecule has 0 atom stereocenters. The zero-order chi connectivity index (χ0) is 19.7. The molecule has 0 unspecified atom stereocenters. The molecular weight excluding hydrogens is 358 g/mol. The van der Waals surface area contributed by atoms with Gasteiger partial charge in [-0.1, -0.05) is 42.5 Å². The Kier molecular flexibility index (Phi) is 4.25. The number of aromatic nitrogens is 3. The summed E-state index contributed by atoms with van der Waals surface area (Å²) in [6.45, 7) is 0. The zero-order valence-corrected chi connectivity index (χ0v) is 14.5. The van der Waals surface area contributed by atoms with Crippen LogP contribution in [0.5, 0.6) is 23.0 Å². The van der Waals surface area contributed by atoms with Crippen molar-refractivity contribution in [2.24, 2.45) is 0 Å². The number of para-hydroxylation sites is 2. The van der Waals surface area contributed by atoms with E-state index < -0.39 is 0 Å². The van der Waals surface area contributed by atoms with Crippen LogP contribution >= 0.6 is 0 Å². The van der Waals surface area contributed by atoms with E-state index in [9.17, 15) is 20.4 Å². The first-order chi connectivity index (χ1) is 13.5. The second-order valence-electron chi connectivity index (χ2n) is 6.02. The van der Waals surface area contributed by atoms with Gasteiger partial charge in [0.1, 0.15) is 0 Å². The monoisotopic (exact) mass is 373 g/mol. The highest BCUT2D eigenvalue weighted by molar-refractivity contribution is 5.74. The van der Waals surface area contributed by atoms with Crippen molar-refractivity contribution in [3.63, 3.8) is 0 Å². The summed E-state index contributed by atoms with van der Waals surface area (Å²) >= 11 is 0. The Morgan fingerprint density at radius 2 is 0.929 bits per heavy atom. The lowest BCUT2D eigenvalue weighted by Gasteiger charge is -2.11. The fraction of sp³-hybridized carbons (Fsp3) is 0. The average Bonchev–Trinajstić information content (AvgIpc) is 2.72. The van der Waals surface area contributed by atoms with Crippen LogP contribution in [0, 0.1) is 0 Å². The van der Waals surface area contributed by atoms with Crippen molar-refractivity contribution in [2.45, 2.75) is 0 Å². The van der Waals surface area contributed by atoms with Crippen LogP contribution in [-0.2, 0) is 0 Å². The lowest BCUT2D eigenvalue weighted by Crippen LogP contribution is -2.00. The van der Waals surface area contributed by atoms with Crippen molar-refractivity contribution >= 4 is 0 Å². The summed E-state index contributed by atoms with van der Waals surface area (Å²) < 4.78 is 0. The largest absolute Gasteiger partial charge is 0.504 e. The Labute approximate surface area is 159 Å². The van der Waals surface area contributed by atoms with E-state index in [1.54, 1.807) is 24.3 Å². The van der Waals surface area contributed by atoms with Gasteiger partial charge in [-0.05, 0) is 24.3 Å². The van der Waals surface area contributed by atoms with Gasteiger partial charge in [-0.3, -0.25) is 0 Å². The maximum absolute atomic E-state index is 10.2. The van der Waals surface area contributed by atoms with Crippen molar-refractivity contribution in [2.75, 3.05) is 0 Å². The van der Waals surface area contributed by atoms with Crippen LogP contribution in [-0.4, -0.2) is 35.4 Å². The third kappa shape index (κ3) is 3.05. The summed E-state index contributed by atoms with van der Waals surface area (Å²) in [6.07, 6.45) is 0. The Morgan fingerprint density at radius 3 is 1.43 bits per heavy atom. The number of rotatable bonds is 3. The standard InChI is InChI=1S/C21H15N3O4/c25-15-10-4-8-13(17(15)27)20-22-19(12-6-2-1-3-7-12)23-21(24-20)14-9-5-11-16(26)18(14)28/h1-11,25-28H. The van der Waals surface area contributed by atoms with Crippen LogP contribution in [0.25, 0.3) is 34.2 Å². The molecule has 0 aliphatic rings. The zero-order valence-electron chi connectivity index (χ0n) is 14.5. The first-order valence-electron chi connectivity index (χ1n) is 8.38. The number of benzene rings is 3. The fourth-order valence-corrected chi connectivity index (χ4v) is 2.76. The number of phenolic OH excluding ortho intramolecular Hbond substituents is 4. The summed E-state index contributed by atoms with van der Waals surface area (Å²) in [6, 6.07) is 18.1. The number of phenols is 4. The van der Waals surface area contributed by atoms with E-state index in [1.807, 2.05) is 30.3 Å². The van der Waals surface area contributed by atoms with Crippen LogP contribution < -0.4 is 0 Å². The van der Waals surface area contributed by atoms with E-state index in [-0.39, 0.29) is 45.8 Å². The van der Waals surface area contributed by atoms with Crippen LogP contribution in [0.1, 0.15) is 0 Å². The van der Waals surface area contributed by atoms with E-state index in [0.717, 1.165) is 0 Å². The minimum absolute atomic E-state index is 0.111. The van der Waals surface area contributed by atoms with Crippen molar-refractivity contribution < 1.29 is 20.4 Å². The molecule has 3 aromatic carbocycles. The van der Waals surface area contributed by atoms with Crippen molar-refractivity contribution in [1.82, 2.24) is 15.0 Å². The summed E-state index contributed by atoms with van der Waals surface area (Å²) in [7, 11) is 0. The Bertz CT molecular complexity index is 1090. The third-order valence-corrected chi connectivity index (χ3v) is 4.18. The highest BCUT2D eigenvalue weighted by Crippen LogP contribution is 2.38. The van der Waals surface area contributed by atoms with E-state index in [0.29, 0.717) is 11.4 Å². The minimum Gasteiger partial charge on any atom is -0.504 e. The number of aromatic hydroxyl groups is 4. The smallest absolute Gasteiger partial charge is 0.168 e. The molecule has 0 fully saturated rings. The SMILES string of the molecule is Oc1cccc(-c2nc(-c3ccccc3)nc(-c3cccc(O)c3O)n2)c1O. The number of hydrogen-bond donors (Lipinski definition) is 4. The van der Waals surface area contributed by atoms with Crippen LogP contribution in [0.4, 0.5) is 0 Å². The molecule has 0 saturated carbocycles. The normalized spacial score (nSPS) is 10.7. The molecule has 4 N–H and O–H groups in total. The van der Waals surface area contributed by atoms with Crippen molar-refractivity contribution in [3.05, 3.63) is 66.7 Å². The van der Waals surface area contributed by atoms with Gasteiger partial charge < -0.3 is 20.4 Å². The molecule has 0 radical (unpaired) electrons. The van der Waals surface area contributed by atoms with Gasteiger partial charge in [-0.15, -0.1) is 0 Å². The van der Waals surface area contributed by atoms with Gasteiger partial charge in [0.05, 0.1) is 11.1 Å². The minimum atomic E-state index is -0.362. The van der Waals surface area contributed by atoms with Crippen molar-refractivity contribution in [3.8, 4) is 57.2 Å². The van der Waals surface area contributed by atoms with Crippen LogP contribution in [0.15, 0.2) is 66.7 Å². The van der Waals surface area contributed by atoms with Gasteiger partial charge in [0, 0.05) is 5.56 Å². The molecule has 0 spiro atoms. The summed E-state index contributed by atoms with van der Waals surface area (Å²) in [5.41, 5.74) is 1.12. The molecule has 7 heteroatoms. The second-order valence-corrected chi connectivity index (χ2v) is 6.02. The van der Waals surface area contributed by atoms with Gasteiger partial charge in [-0.25, -0.2) is 15.0 Å². The maximum Gasteiger partial charge on any atom is 0.168 e. The second kappa shape index (κ2) is 6.88. The fourth-order valence-electron chi connectivity index (χ4n) is 2.76. The summed E-state index contributed by atoms with van der Waals surface area (Å²) in [5, 5.41) is 40.1. The highest BCUT2D eigenvalue weighted by Gasteiger charge is 2.18. The molecular formula is C21H15N3O4. The lowest BCUT2D eigenvalue weighted by molar-refractivity contribution is 0.404. The van der Waals surface area contributed by atoms with Gasteiger partial charge in [0.25, 0.3) is 0 Å².